The first-order valence-corrected chi connectivity index (χ1v) is 10.5. The summed E-state index contributed by atoms with van der Waals surface area (Å²) in [6.45, 7) is 5.78. The minimum atomic E-state index is -0.412. The zero-order valence-electron chi connectivity index (χ0n) is 18.1. The Kier molecular flexibility index (Phi) is 5.59. The molecule has 0 bridgehead atoms. The summed E-state index contributed by atoms with van der Waals surface area (Å²) in [6, 6.07) is 15.1. The van der Waals surface area contributed by atoms with Gasteiger partial charge in [-0.2, -0.15) is 0 Å². The summed E-state index contributed by atoms with van der Waals surface area (Å²) in [5.74, 6) is -0.378. The van der Waals surface area contributed by atoms with Crippen LogP contribution in [0.4, 0.5) is 5.69 Å². The van der Waals surface area contributed by atoms with E-state index in [1.54, 1.807) is 13.0 Å². The quantitative estimate of drug-likeness (QED) is 0.596. The Labute approximate surface area is 181 Å². The molecule has 0 radical (unpaired) electrons. The van der Waals surface area contributed by atoms with Crippen molar-refractivity contribution in [2.45, 2.75) is 39.3 Å². The van der Waals surface area contributed by atoms with Gasteiger partial charge in [0.25, 0.3) is 0 Å². The molecule has 160 valence electrons. The van der Waals surface area contributed by atoms with Crippen molar-refractivity contribution in [3.05, 3.63) is 65.9 Å². The second kappa shape index (κ2) is 8.34. The predicted molar refractivity (Wildman–Crippen MR) is 118 cm³/mol. The second-order valence-electron chi connectivity index (χ2n) is 7.88. The van der Waals surface area contributed by atoms with Gasteiger partial charge in [0, 0.05) is 35.7 Å². The maximum absolute atomic E-state index is 12.6. The predicted octanol–water partition coefficient (Wildman–Crippen LogP) is 4.10. The van der Waals surface area contributed by atoms with Gasteiger partial charge in [-0.1, -0.05) is 49.4 Å². The zero-order valence-corrected chi connectivity index (χ0v) is 18.1. The molecule has 0 N–H and O–H groups in total. The van der Waals surface area contributed by atoms with Gasteiger partial charge in [-0.05, 0) is 24.6 Å². The van der Waals surface area contributed by atoms with Crippen LogP contribution in [0.5, 0.6) is 0 Å². The number of hydrogen-bond acceptors (Lipinski definition) is 5. The molecular formula is C24H26N4O3. The highest BCUT2D eigenvalue weighted by Crippen LogP contribution is 2.44. The number of aromatic nitrogens is 3. The summed E-state index contributed by atoms with van der Waals surface area (Å²) in [5, 5.41) is 8.83. The number of ether oxygens (including phenoxy) is 1. The number of fused-ring (bicyclic) bond motifs is 1. The van der Waals surface area contributed by atoms with Gasteiger partial charge in [0.05, 0.1) is 24.9 Å². The van der Waals surface area contributed by atoms with Crippen LogP contribution in [-0.2, 0) is 9.53 Å². The maximum Gasteiger partial charge on any atom is 0.337 e. The number of rotatable bonds is 4. The lowest BCUT2D eigenvalue weighted by molar-refractivity contribution is -0.117. The lowest BCUT2D eigenvalue weighted by atomic mass is 9.80. The van der Waals surface area contributed by atoms with Crippen LogP contribution >= 0.6 is 0 Å². The maximum atomic E-state index is 12.6. The summed E-state index contributed by atoms with van der Waals surface area (Å²) < 4.78 is 6.77. The molecule has 0 saturated heterocycles. The minimum Gasteiger partial charge on any atom is -0.465 e. The zero-order chi connectivity index (χ0) is 22.1. The highest BCUT2D eigenvalue weighted by atomic mass is 16.5. The number of hydrogen-bond donors (Lipinski definition) is 0. The number of benzene rings is 2. The summed E-state index contributed by atoms with van der Waals surface area (Å²) in [7, 11) is 1.36. The fourth-order valence-electron chi connectivity index (χ4n) is 4.66. The van der Waals surface area contributed by atoms with Crippen molar-refractivity contribution < 1.29 is 14.3 Å². The number of carbonyl (C=O) groups is 2. The Balaban J connectivity index is 1.87. The lowest BCUT2D eigenvalue weighted by Gasteiger charge is -2.44. The molecule has 7 nitrogen and oxygen atoms in total. The van der Waals surface area contributed by atoms with Crippen LogP contribution in [0.3, 0.4) is 0 Å². The fourth-order valence-corrected chi connectivity index (χ4v) is 4.66. The van der Waals surface area contributed by atoms with Gasteiger partial charge < -0.3 is 9.64 Å². The number of methoxy groups -OCH3 is 1. The topological polar surface area (TPSA) is 77.3 Å². The molecule has 2 heterocycles. The van der Waals surface area contributed by atoms with E-state index in [4.69, 9.17) is 4.74 Å². The van der Waals surface area contributed by atoms with Crippen LogP contribution in [0, 0.1) is 5.92 Å². The molecule has 0 saturated carbocycles. The summed E-state index contributed by atoms with van der Waals surface area (Å²) in [5.41, 5.74) is 3.87. The Bertz CT molecular complexity index is 1110. The highest BCUT2D eigenvalue weighted by Gasteiger charge is 2.41. The standard InChI is InChI=1S/C24H26N4O3/c1-5-21-15(2)23(27-14-20(25-26-27)17-9-7-6-8-10-17)19-13-18(24(30)31-4)11-12-22(19)28(21)16(3)29/h6-15,21,23H,5H2,1-4H3/t15-,21+,23+/m1/s1. The number of carbonyl (C=O) groups excluding carboxylic acids is 2. The lowest BCUT2D eigenvalue weighted by Crippen LogP contribution is -2.49. The molecule has 31 heavy (non-hydrogen) atoms. The summed E-state index contributed by atoms with van der Waals surface area (Å²) in [6.07, 6.45) is 2.73. The summed E-state index contributed by atoms with van der Waals surface area (Å²) in [4.78, 5) is 26.6. The van der Waals surface area contributed by atoms with Crippen molar-refractivity contribution in [2.75, 3.05) is 12.0 Å². The van der Waals surface area contributed by atoms with Gasteiger partial charge in [0.1, 0.15) is 5.69 Å². The third kappa shape index (κ3) is 3.60. The Morgan fingerprint density at radius 1 is 1.13 bits per heavy atom. The third-order valence-electron chi connectivity index (χ3n) is 6.09. The molecule has 3 aromatic rings. The van der Waals surface area contributed by atoms with E-state index in [2.05, 4.69) is 24.2 Å². The first-order chi connectivity index (χ1) is 15.0. The number of nitrogens with zero attached hydrogens (tertiary/aromatic N) is 4. The average Bonchev–Trinajstić information content (AvgIpc) is 3.27. The van der Waals surface area contributed by atoms with Gasteiger partial charge in [-0.15, -0.1) is 5.10 Å². The van der Waals surface area contributed by atoms with Crippen LogP contribution in [0.2, 0.25) is 0 Å². The van der Waals surface area contributed by atoms with Crippen LogP contribution in [0.1, 0.15) is 49.2 Å². The van der Waals surface area contributed by atoms with E-state index in [1.807, 2.05) is 58.2 Å². The molecule has 1 amide bonds. The van der Waals surface area contributed by atoms with Crippen molar-refractivity contribution in [3.8, 4) is 11.3 Å². The van der Waals surface area contributed by atoms with Gasteiger partial charge in [-0.25, -0.2) is 9.48 Å². The average molecular weight is 418 g/mol. The molecule has 1 aliphatic heterocycles. The van der Waals surface area contributed by atoms with Crippen molar-refractivity contribution >= 4 is 17.6 Å². The molecular weight excluding hydrogens is 392 g/mol. The molecule has 4 rings (SSSR count). The molecule has 1 aromatic heterocycles. The fraction of sp³-hybridized carbons (Fsp3) is 0.333. The van der Waals surface area contributed by atoms with Crippen LogP contribution in [0.25, 0.3) is 11.3 Å². The van der Waals surface area contributed by atoms with Gasteiger partial charge in [-0.3, -0.25) is 4.79 Å². The van der Waals surface area contributed by atoms with E-state index in [0.29, 0.717) is 5.56 Å². The van der Waals surface area contributed by atoms with Crippen molar-refractivity contribution in [3.63, 3.8) is 0 Å². The van der Waals surface area contributed by atoms with Crippen molar-refractivity contribution in [1.29, 1.82) is 0 Å². The monoisotopic (exact) mass is 418 g/mol. The smallest absolute Gasteiger partial charge is 0.337 e. The summed E-state index contributed by atoms with van der Waals surface area (Å²) >= 11 is 0. The normalized spacial score (nSPS) is 20.3. The van der Waals surface area contributed by atoms with Gasteiger partial charge in [0.2, 0.25) is 5.91 Å². The number of anilines is 1. The van der Waals surface area contributed by atoms with Gasteiger partial charge >= 0.3 is 5.97 Å². The van der Waals surface area contributed by atoms with E-state index in [9.17, 15) is 9.59 Å². The molecule has 0 spiro atoms. The van der Waals surface area contributed by atoms with E-state index in [-0.39, 0.29) is 23.9 Å². The SMILES string of the molecule is CC[C@H]1[C@@H](C)[C@H](n2cc(-c3ccccc3)nn2)c2cc(C(=O)OC)ccc2N1C(C)=O. The van der Waals surface area contributed by atoms with E-state index in [0.717, 1.165) is 28.9 Å². The minimum absolute atomic E-state index is 0.00310. The van der Waals surface area contributed by atoms with Crippen LogP contribution < -0.4 is 4.90 Å². The van der Waals surface area contributed by atoms with Gasteiger partial charge in [0.15, 0.2) is 0 Å². The van der Waals surface area contributed by atoms with Crippen LogP contribution in [0.15, 0.2) is 54.7 Å². The third-order valence-corrected chi connectivity index (χ3v) is 6.09. The molecule has 7 heteroatoms. The Morgan fingerprint density at radius 3 is 2.52 bits per heavy atom. The van der Waals surface area contributed by atoms with Crippen molar-refractivity contribution in [1.82, 2.24) is 15.0 Å². The first kappa shape index (κ1) is 20.8. The largest absolute Gasteiger partial charge is 0.465 e. The highest BCUT2D eigenvalue weighted by molar-refractivity contribution is 5.96. The molecule has 2 aromatic carbocycles. The van der Waals surface area contributed by atoms with E-state index >= 15 is 0 Å². The molecule has 0 fully saturated rings. The van der Waals surface area contributed by atoms with E-state index < -0.39 is 5.97 Å². The molecule has 0 aliphatic carbocycles. The Hall–Kier alpha value is -3.48. The second-order valence-corrected chi connectivity index (χ2v) is 7.88. The van der Waals surface area contributed by atoms with Crippen molar-refractivity contribution in [2.24, 2.45) is 5.92 Å². The molecule has 3 atom stereocenters. The molecule has 0 unspecified atom stereocenters. The number of esters is 1. The number of amides is 1. The molecule has 1 aliphatic rings. The first-order valence-electron chi connectivity index (χ1n) is 10.5. The Morgan fingerprint density at radius 2 is 1.87 bits per heavy atom. The van der Waals surface area contributed by atoms with Crippen LogP contribution in [-0.4, -0.2) is 40.0 Å². The van der Waals surface area contributed by atoms with E-state index in [1.165, 1.54) is 7.11 Å².